The number of hydrogen-bond acceptors (Lipinski definition) is 22. The van der Waals surface area contributed by atoms with Crippen molar-refractivity contribution in [1.29, 1.82) is 0 Å². The second-order valence-corrected chi connectivity index (χ2v) is 23.3. The number of halogens is 1. The number of ether oxygens (including phenoxy) is 9. The fourth-order valence-corrected chi connectivity index (χ4v) is 12.2. The van der Waals surface area contributed by atoms with Gasteiger partial charge in [0, 0.05) is 103 Å². The number of oxime groups is 1. The number of alkyl halides is 1. The van der Waals surface area contributed by atoms with Crippen LogP contribution in [0.25, 0.3) is 11.1 Å². The molecule has 3 aliphatic heterocycles. The number of nitrogens with one attached hydrogen (secondary N) is 1. The van der Waals surface area contributed by atoms with Gasteiger partial charge >= 0.3 is 5.97 Å². The molecule has 23 nitrogen and oxygen atoms in total. The lowest BCUT2D eigenvalue weighted by Crippen LogP contribution is -2.61. The van der Waals surface area contributed by atoms with Crippen LogP contribution in [0.3, 0.4) is 0 Å². The highest BCUT2D eigenvalue weighted by Crippen LogP contribution is 2.43. The van der Waals surface area contributed by atoms with Crippen LogP contribution in [0.1, 0.15) is 118 Å². The Kier molecular flexibility index (Phi) is 23.7. The number of aliphatic hydroxyl groups excluding tert-OH is 3. The van der Waals surface area contributed by atoms with Crippen molar-refractivity contribution in [3.8, 4) is 11.1 Å². The van der Waals surface area contributed by atoms with Gasteiger partial charge in [0.15, 0.2) is 12.6 Å². The first-order chi connectivity index (χ1) is 38.8. The number of anilines is 1. The molecule has 20 atom stereocenters. The molecule has 3 aromatic rings. The van der Waals surface area contributed by atoms with E-state index in [1.807, 2.05) is 63.9 Å². The monoisotopic (exact) mass is 1160 g/mol. The SMILES string of the molecule is CC[C@H]1OC(=O)[C@H](C)[C@@H](O[C@H]2C[C@@](C)(OC)[C@@H](O)[C@H](C)O2)[C@H](C)[C@@H](O[C@@H]2O[C@H](C)C[C@H](N(C)CCc3cn([C@H](CF)[C@H](OC)c4ccc(-c5cnc(NC)nc5)cc4)nn3)[C@H]2O)[C@](C)(OC)C[C@@H](C)/C(=N\OCOC)[C@H](C)[C@@H](O)[C@]1(C)O. The topological polar surface area (TPSA) is 274 Å². The van der Waals surface area contributed by atoms with Crippen LogP contribution in [0.15, 0.2) is 48.0 Å². The maximum atomic E-state index is 15.0. The van der Waals surface area contributed by atoms with Gasteiger partial charge in [0.05, 0.1) is 59.0 Å². The fourth-order valence-electron chi connectivity index (χ4n) is 12.2. The van der Waals surface area contributed by atoms with Crippen LogP contribution in [0, 0.1) is 23.7 Å². The molecule has 3 aliphatic rings. The van der Waals surface area contributed by atoms with E-state index in [-0.39, 0.29) is 26.1 Å². The van der Waals surface area contributed by atoms with Crippen molar-refractivity contribution in [2.45, 2.75) is 198 Å². The molecule has 0 amide bonds. The zero-order valence-corrected chi connectivity index (χ0v) is 50.8. The summed E-state index contributed by atoms with van der Waals surface area (Å²) in [6, 6.07) is 6.26. The molecule has 6 rings (SSSR count). The quantitative estimate of drug-likeness (QED) is 0.0384. The van der Waals surface area contributed by atoms with Gasteiger partial charge in [0.1, 0.15) is 42.7 Å². The van der Waals surface area contributed by atoms with E-state index in [1.165, 1.54) is 40.0 Å². The number of cyclic esters (lactones) is 1. The van der Waals surface area contributed by atoms with E-state index in [4.69, 9.17) is 47.5 Å². The molecular formula is C58H93FN8O15. The molecule has 0 bridgehead atoms. The summed E-state index contributed by atoms with van der Waals surface area (Å²) in [6.07, 6.45) is -4.83. The largest absolute Gasteiger partial charge is 0.459 e. The molecule has 5 N–H and O–H groups in total. The van der Waals surface area contributed by atoms with Crippen molar-refractivity contribution in [2.24, 2.45) is 28.8 Å². The van der Waals surface area contributed by atoms with Crippen molar-refractivity contribution in [2.75, 3.05) is 67.9 Å². The molecule has 2 aromatic heterocycles. The number of likely N-dealkylation sites (N-methyl/N-ethyl adjacent to an activating group) is 1. The summed E-state index contributed by atoms with van der Waals surface area (Å²) < 4.78 is 73.1. The van der Waals surface area contributed by atoms with Crippen molar-refractivity contribution in [3.63, 3.8) is 0 Å². The first-order valence-electron chi connectivity index (χ1n) is 28.5. The molecule has 24 heteroatoms. The summed E-state index contributed by atoms with van der Waals surface area (Å²) in [5.41, 5.74) is -0.960. The van der Waals surface area contributed by atoms with E-state index < -0.39 is 133 Å². The molecule has 462 valence electrons. The zero-order valence-electron chi connectivity index (χ0n) is 50.8. The van der Waals surface area contributed by atoms with Crippen molar-refractivity contribution in [1.82, 2.24) is 29.9 Å². The van der Waals surface area contributed by atoms with Crippen molar-refractivity contribution in [3.05, 3.63) is 54.1 Å². The molecule has 0 aliphatic carbocycles. The zero-order chi connectivity index (χ0) is 60.4. The minimum absolute atomic E-state index is 0.0807. The van der Waals surface area contributed by atoms with Crippen LogP contribution >= 0.6 is 0 Å². The third-order valence-electron chi connectivity index (χ3n) is 17.4. The molecule has 3 fully saturated rings. The average Bonchev–Trinajstić information content (AvgIpc) is 4.05. The Hall–Kier alpha value is -4.41. The van der Waals surface area contributed by atoms with Gasteiger partial charge < -0.3 is 78.1 Å². The predicted molar refractivity (Wildman–Crippen MR) is 301 cm³/mol. The second kappa shape index (κ2) is 29.1. The predicted octanol–water partition coefficient (Wildman–Crippen LogP) is 5.45. The van der Waals surface area contributed by atoms with Crippen LogP contribution in [0.2, 0.25) is 0 Å². The summed E-state index contributed by atoms with van der Waals surface area (Å²) >= 11 is 0. The Labute approximate surface area is 482 Å². The van der Waals surface area contributed by atoms with Gasteiger partial charge in [-0.1, -0.05) is 62.3 Å². The Balaban J connectivity index is 1.30. The smallest absolute Gasteiger partial charge is 0.311 e. The maximum Gasteiger partial charge on any atom is 0.311 e. The number of hydrogen-bond donors (Lipinski definition) is 5. The third-order valence-corrected chi connectivity index (χ3v) is 17.4. The van der Waals surface area contributed by atoms with E-state index in [1.54, 1.807) is 60.3 Å². The highest BCUT2D eigenvalue weighted by Gasteiger charge is 2.54. The number of aromatic nitrogens is 5. The van der Waals surface area contributed by atoms with Crippen LogP contribution in [0.5, 0.6) is 0 Å². The lowest BCUT2D eigenvalue weighted by atomic mass is 9.73. The van der Waals surface area contributed by atoms with Gasteiger partial charge in [-0.15, -0.1) is 5.10 Å². The lowest BCUT2D eigenvalue weighted by Gasteiger charge is -2.50. The van der Waals surface area contributed by atoms with Crippen molar-refractivity contribution < 1.29 is 77.1 Å². The third kappa shape index (κ3) is 15.2. The summed E-state index contributed by atoms with van der Waals surface area (Å²) in [4.78, 5) is 30.9. The van der Waals surface area contributed by atoms with Gasteiger partial charge in [0.2, 0.25) is 12.7 Å². The Morgan fingerprint density at radius 1 is 0.915 bits per heavy atom. The first kappa shape index (κ1) is 66.7. The highest BCUT2D eigenvalue weighted by molar-refractivity contribution is 5.88. The standard InChI is InChI=1S/C58H93FN8O15/c1-17-44-58(10,72)50(69)34(4)46(64-77-31-73-13)32(2)25-57(9,76-16)52(35(5)48(36(6)53(71)80-44)81-45-26-56(8,75-15)51(70)37(7)79-45)82-54-47(68)42(24-33(3)78-54)66(12)23-22-41-30-67(65-63-41)43(27-59)49(74-14)39-20-18-38(19-21-39)40-28-61-55(60-11)62-29-40/h18-21,28-30,32-37,42-45,47-52,54,68-70,72H,17,22-27,31H2,1-16H3,(H,60,61,62)/b64-46+/t32-,33-,34+,35+,36-,37+,42+,43-,44-,45+,47-,48+,49-,50-,51+,52-,54+,56-,57-,58-/m1/s1. The van der Waals surface area contributed by atoms with E-state index in [0.29, 0.717) is 36.7 Å². The Morgan fingerprint density at radius 3 is 2.18 bits per heavy atom. The number of carbonyl (C=O) groups excluding carboxylic acids is 1. The van der Waals surface area contributed by atoms with Gasteiger partial charge in [-0.2, -0.15) is 0 Å². The number of aliphatic hydroxyl groups is 4. The first-order valence-corrected chi connectivity index (χ1v) is 28.5. The van der Waals surface area contributed by atoms with E-state index in [2.05, 4.69) is 30.8 Å². The van der Waals surface area contributed by atoms with Gasteiger partial charge in [-0.3, -0.25) is 4.79 Å². The fraction of sp³-hybridized carbons (Fsp3) is 0.759. The number of carbonyl (C=O) groups is 1. The molecule has 3 saturated heterocycles. The maximum absolute atomic E-state index is 15.0. The molecular weight excluding hydrogens is 1070 g/mol. The van der Waals surface area contributed by atoms with Gasteiger partial charge in [-0.05, 0) is 79.0 Å². The minimum atomic E-state index is -1.97. The Bertz CT molecular complexity index is 2480. The minimum Gasteiger partial charge on any atom is -0.459 e. The van der Waals surface area contributed by atoms with Crippen LogP contribution < -0.4 is 5.32 Å². The van der Waals surface area contributed by atoms with E-state index in [0.717, 1.165) is 16.7 Å². The molecule has 1 aromatic carbocycles. The Morgan fingerprint density at radius 2 is 1.59 bits per heavy atom. The number of methoxy groups -OCH3 is 4. The molecule has 82 heavy (non-hydrogen) atoms. The lowest BCUT2D eigenvalue weighted by molar-refractivity contribution is -0.319. The normalized spacial score (nSPS) is 36.6. The van der Waals surface area contributed by atoms with Crippen LogP contribution in [-0.2, 0) is 58.7 Å². The molecule has 0 radical (unpaired) electrons. The summed E-state index contributed by atoms with van der Waals surface area (Å²) in [6.45, 7) is 16.9. The molecule has 0 spiro atoms. The van der Waals surface area contributed by atoms with E-state index >= 15 is 4.39 Å². The van der Waals surface area contributed by atoms with Gasteiger partial charge in [-0.25, -0.2) is 19.0 Å². The molecule has 0 saturated carbocycles. The molecule has 5 heterocycles. The number of nitrogens with zero attached hydrogens (tertiary/aromatic N) is 7. The van der Waals surface area contributed by atoms with Gasteiger partial charge in [0.25, 0.3) is 0 Å². The number of benzene rings is 1. The number of esters is 1. The van der Waals surface area contributed by atoms with E-state index in [9.17, 15) is 25.2 Å². The summed E-state index contributed by atoms with van der Waals surface area (Å²) in [5.74, 6) is -3.51. The summed E-state index contributed by atoms with van der Waals surface area (Å²) in [5, 5.41) is 64.1. The summed E-state index contributed by atoms with van der Waals surface area (Å²) in [7, 11) is 9.66. The highest BCUT2D eigenvalue weighted by atomic mass is 19.1. The molecule has 0 unspecified atom stereocenters. The number of rotatable bonds is 21. The second-order valence-electron chi connectivity index (χ2n) is 23.3. The van der Waals surface area contributed by atoms with Crippen molar-refractivity contribution >= 4 is 17.6 Å². The van der Waals surface area contributed by atoms with Crippen LogP contribution in [0.4, 0.5) is 10.3 Å². The average molecular weight is 1160 g/mol. The van der Waals surface area contributed by atoms with Crippen LogP contribution in [-0.4, -0.2) is 209 Å².